The molecule has 4 rings (SSSR count). The van der Waals surface area contributed by atoms with Gasteiger partial charge < -0.3 is 15.0 Å². The smallest absolute Gasteiger partial charge is 0.361 e. The van der Waals surface area contributed by atoms with Crippen molar-refractivity contribution >= 4 is 27.7 Å². The molecule has 6 nitrogen and oxygen atoms in total. The maximum Gasteiger partial charge on any atom is 0.416 e. The van der Waals surface area contributed by atoms with E-state index in [0.29, 0.717) is 24.9 Å². The van der Waals surface area contributed by atoms with Crippen molar-refractivity contribution < 1.29 is 31.2 Å². The first kappa shape index (κ1) is 28.4. The number of aldehydes is 1. The van der Waals surface area contributed by atoms with E-state index in [1.165, 1.54) is 24.3 Å². The van der Waals surface area contributed by atoms with Gasteiger partial charge in [0.05, 0.1) is 22.3 Å². The zero-order valence-corrected chi connectivity index (χ0v) is 22.1. The SMILES string of the molecule is CCS(=O)(=O)c1ccc(CNC(=O)c2ccc(N3CC(c4ccc(C(F)(F)F)cc4)CC[C@H]3C=O)cc2)cc1. The summed E-state index contributed by atoms with van der Waals surface area (Å²) in [4.78, 5) is 26.6. The number of hydrogen-bond acceptors (Lipinski definition) is 5. The highest BCUT2D eigenvalue weighted by Crippen LogP contribution is 2.35. The molecule has 2 atom stereocenters. The summed E-state index contributed by atoms with van der Waals surface area (Å²) in [5, 5.41) is 2.81. The summed E-state index contributed by atoms with van der Waals surface area (Å²) >= 11 is 0. The number of amides is 1. The van der Waals surface area contributed by atoms with Crippen molar-refractivity contribution in [1.82, 2.24) is 5.32 Å². The van der Waals surface area contributed by atoms with Crippen molar-refractivity contribution in [2.45, 2.75) is 49.3 Å². The number of carbonyl (C=O) groups excluding carboxylic acids is 2. The van der Waals surface area contributed by atoms with Gasteiger partial charge in [-0.15, -0.1) is 0 Å². The van der Waals surface area contributed by atoms with Gasteiger partial charge in [0.25, 0.3) is 5.91 Å². The average molecular weight is 559 g/mol. The van der Waals surface area contributed by atoms with E-state index < -0.39 is 21.6 Å². The first-order valence-electron chi connectivity index (χ1n) is 12.6. The van der Waals surface area contributed by atoms with Crippen molar-refractivity contribution in [2.24, 2.45) is 0 Å². The third kappa shape index (κ3) is 6.68. The second-order valence-electron chi connectivity index (χ2n) is 9.53. The van der Waals surface area contributed by atoms with E-state index in [1.54, 1.807) is 43.3 Å². The maximum atomic E-state index is 12.9. The van der Waals surface area contributed by atoms with Crippen LogP contribution in [-0.2, 0) is 27.4 Å². The molecular weight excluding hydrogens is 529 g/mol. The number of piperidine rings is 1. The van der Waals surface area contributed by atoms with E-state index in [2.05, 4.69) is 5.32 Å². The van der Waals surface area contributed by atoms with Crippen LogP contribution in [0, 0.1) is 0 Å². The summed E-state index contributed by atoms with van der Waals surface area (Å²) in [5.41, 5.74) is 2.01. The molecule has 0 bridgehead atoms. The van der Waals surface area contributed by atoms with Gasteiger partial charge in [-0.3, -0.25) is 4.79 Å². The molecule has 3 aromatic carbocycles. The molecule has 0 saturated carbocycles. The van der Waals surface area contributed by atoms with Crippen LogP contribution >= 0.6 is 0 Å². The predicted molar refractivity (Wildman–Crippen MR) is 142 cm³/mol. The molecule has 1 saturated heterocycles. The Morgan fingerprint density at radius 3 is 2.18 bits per heavy atom. The van der Waals surface area contributed by atoms with Crippen LogP contribution in [0.4, 0.5) is 18.9 Å². The molecule has 10 heteroatoms. The third-order valence-corrected chi connectivity index (χ3v) is 8.82. The Bertz CT molecular complexity index is 1400. The standard InChI is InChI=1S/C29H29F3N2O4S/c1-2-39(37,38)27-15-3-20(4-16-27)17-33-28(36)22-7-12-25(13-8-22)34-18-23(9-14-26(34)19-35)21-5-10-24(11-6-21)29(30,31)32/h3-8,10-13,15-16,19,23,26H,2,9,14,17-18H2,1H3,(H,33,36)/t23?,26-/m0/s1. The van der Waals surface area contributed by atoms with Gasteiger partial charge in [0.15, 0.2) is 9.84 Å². The Labute approximate surface area is 225 Å². The molecule has 1 unspecified atom stereocenters. The Balaban J connectivity index is 1.41. The van der Waals surface area contributed by atoms with E-state index in [1.807, 2.05) is 4.90 Å². The number of anilines is 1. The molecule has 1 aliphatic rings. The van der Waals surface area contributed by atoms with Crippen LogP contribution in [0.5, 0.6) is 0 Å². The van der Waals surface area contributed by atoms with Gasteiger partial charge in [0.1, 0.15) is 6.29 Å². The largest absolute Gasteiger partial charge is 0.416 e. The molecule has 0 radical (unpaired) electrons. The lowest BCUT2D eigenvalue weighted by atomic mass is 9.87. The lowest BCUT2D eigenvalue weighted by Gasteiger charge is -2.39. The first-order chi connectivity index (χ1) is 18.5. The van der Waals surface area contributed by atoms with Crippen LogP contribution in [0.25, 0.3) is 0 Å². The molecule has 0 aliphatic carbocycles. The molecule has 206 valence electrons. The molecule has 1 N–H and O–H groups in total. The normalized spacial score (nSPS) is 18.0. The van der Waals surface area contributed by atoms with Crippen molar-refractivity contribution in [3.8, 4) is 0 Å². The molecule has 0 spiro atoms. The number of nitrogens with zero attached hydrogens (tertiary/aromatic N) is 1. The van der Waals surface area contributed by atoms with Gasteiger partial charge in [-0.2, -0.15) is 13.2 Å². The lowest BCUT2D eigenvalue weighted by molar-refractivity contribution is -0.137. The quantitative estimate of drug-likeness (QED) is 0.376. The van der Waals surface area contributed by atoms with Crippen LogP contribution in [0.15, 0.2) is 77.7 Å². The van der Waals surface area contributed by atoms with Crippen molar-refractivity contribution in [1.29, 1.82) is 0 Å². The van der Waals surface area contributed by atoms with E-state index in [4.69, 9.17) is 0 Å². The molecule has 1 aliphatic heterocycles. The number of benzene rings is 3. The summed E-state index contributed by atoms with van der Waals surface area (Å²) in [6.45, 7) is 2.27. The minimum absolute atomic E-state index is 0.0137. The van der Waals surface area contributed by atoms with E-state index in [0.717, 1.165) is 35.2 Å². The van der Waals surface area contributed by atoms with Gasteiger partial charge in [-0.1, -0.05) is 31.2 Å². The van der Waals surface area contributed by atoms with Crippen LogP contribution in [-0.4, -0.2) is 39.0 Å². The minimum atomic E-state index is -4.39. The number of nitrogens with one attached hydrogen (secondary N) is 1. The van der Waals surface area contributed by atoms with Gasteiger partial charge in [0.2, 0.25) is 0 Å². The minimum Gasteiger partial charge on any atom is -0.361 e. The molecule has 1 heterocycles. The summed E-state index contributed by atoms with van der Waals surface area (Å²) in [6.07, 6.45) is -2.27. The van der Waals surface area contributed by atoms with Crippen molar-refractivity contribution in [3.05, 3.63) is 95.1 Å². The number of alkyl halides is 3. The van der Waals surface area contributed by atoms with Gasteiger partial charge >= 0.3 is 6.18 Å². The second kappa shape index (κ2) is 11.6. The molecule has 3 aromatic rings. The van der Waals surface area contributed by atoms with Crippen LogP contribution in [0.1, 0.15) is 52.7 Å². The molecule has 1 amide bonds. The molecule has 1 fully saturated rings. The number of hydrogen-bond donors (Lipinski definition) is 1. The third-order valence-electron chi connectivity index (χ3n) is 7.07. The van der Waals surface area contributed by atoms with E-state index >= 15 is 0 Å². The van der Waals surface area contributed by atoms with Crippen molar-refractivity contribution in [3.63, 3.8) is 0 Å². The van der Waals surface area contributed by atoms with Gasteiger partial charge in [-0.25, -0.2) is 8.42 Å². The number of sulfone groups is 1. The topological polar surface area (TPSA) is 83.6 Å². The monoisotopic (exact) mass is 558 g/mol. The zero-order valence-electron chi connectivity index (χ0n) is 21.3. The fourth-order valence-electron chi connectivity index (χ4n) is 4.72. The van der Waals surface area contributed by atoms with Gasteiger partial charge in [0, 0.05) is 30.3 Å². The molecule has 0 aromatic heterocycles. The first-order valence-corrected chi connectivity index (χ1v) is 14.3. The summed E-state index contributed by atoms with van der Waals surface area (Å²) in [6, 6.07) is 18.0. The molecule has 39 heavy (non-hydrogen) atoms. The number of halogens is 3. The Morgan fingerprint density at radius 1 is 0.974 bits per heavy atom. The highest BCUT2D eigenvalue weighted by molar-refractivity contribution is 7.91. The second-order valence-corrected chi connectivity index (χ2v) is 11.8. The van der Waals surface area contributed by atoms with Crippen molar-refractivity contribution in [2.75, 3.05) is 17.2 Å². The van der Waals surface area contributed by atoms with Crippen LogP contribution in [0.2, 0.25) is 0 Å². The van der Waals surface area contributed by atoms with Crippen LogP contribution in [0.3, 0.4) is 0 Å². The summed E-state index contributed by atoms with van der Waals surface area (Å²) in [5.74, 6) is -0.329. The summed E-state index contributed by atoms with van der Waals surface area (Å²) < 4.78 is 62.7. The predicted octanol–water partition coefficient (Wildman–Crippen LogP) is 5.38. The Hall–Kier alpha value is -3.66. The zero-order chi connectivity index (χ0) is 28.2. The highest BCUT2D eigenvalue weighted by atomic mass is 32.2. The Morgan fingerprint density at radius 2 is 1.62 bits per heavy atom. The lowest BCUT2D eigenvalue weighted by Crippen LogP contribution is -2.43. The van der Waals surface area contributed by atoms with E-state index in [-0.39, 0.29) is 35.1 Å². The molecular formula is C29H29F3N2O4S. The van der Waals surface area contributed by atoms with Gasteiger partial charge in [-0.05, 0) is 72.5 Å². The van der Waals surface area contributed by atoms with E-state index in [9.17, 15) is 31.2 Å². The number of carbonyl (C=O) groups is 2. The van der Waals surface area contributed by atoms with Crippen LogP contribution < -0.4 is 10.2 Å². The fraction of sp³-hybridized carbons (Fsp3) is 0.310. The highest BCUT2D eigenvalue weighted by Gasteiger charge is 2.32. The fourth-order valence-corrected chi connectivity index (χ4v) is 5.60. The average Bonchev–Trinajstić information content (AvgIpc) is 2.95. The maximum absolute atomic E-state index is 12.9. The Kier molecular flexibility index (Phi) is 8.44. The summed E-state index contributed by atoms with van der Waals surface area (Å²) in [7, 11) is -3.29. The number of rotatable bonds is 8.